The molecule has 4 aromatic rings. The summed E-state index contributed by atoms with van der Waals surface area (Å²) in [6.45, 7) is 0. The van der Waals surface area contributed by atoms with Crippen LogP contribution in [-0.2, 0) is 4.79 Å². The summed E-state index contributed by atoms with van der Waals surface area (Å²) in [4.78, 5) is 26.8. The van der Waals surface area contributed by atoms with Crippen molar-refractivity contribution in [2.24, 2.45) is 0 Å². The van der Waals surface area contributed by atoms with Crippen molar-refractivity contribution in [3.8, 4) is 5.75 Å². The SMILES string of the molecule is COc1cccc(NC(=O)C(Sc2cccc(NC(=O)c3cccc(Cl)c3)c2)c2ccccc2)c1. The highest BCUT2D eigenvalue weighted by Crippen LogP contribution is 2.37. The van der Waals surface area contributed by atoms with Crippen molar-refractivity contribution in [3.05, 3.63) is 119 Å². The number of hydrogen-bond donors (Lipinski definition) is 2. The Morgan fingerprint density at radius 2 is 1.51 bits per heavy atom. The number of halogens is 1. The molecule has 0 bridgehead atoms. The minimum atomic E-state index is -0.513. The number of amides is 2. The maximum absolute atomic E-state index is 13.3. The van der Waals surface area contributed by atoms with Crippen LogP contribution in [0.25, 0.3) is 0 Å². The molecular formula is C28H23ClN2O3S. The van der Waals surface area contributed by atoms with E-state index in [1.54, 1.807) is 43.5 Å². The molecule has 4 rings (SSSR count). The molecule has 0 fully saturated rings. The van der Waals surface area contributed by atoms with Gasteiger partial charge in [0.1, 0.15) is 11.0 Å². The lowest BCUT2D eigenvalue weighted by Crippen LogP contribution is -2.19. The molecule has 4 aromatic carbocycles. The van der Waals surface area contributed by atoms with Crippen LogP contribution in [0.15, 0.2) is 108 Å². The Kier molecular flexibility index (Phi) is 8.08. The molecule has 1 unspecified atom stereocenters. The Labute approximate surface area is 213 Å². The second-order valence-corrected chi connectivity index (χ2v) is 9.24. The van der Waals surface area contributed by atoms with E-state index in [2.05, 4.69) is 10.6 Å². The Hall–Kier alpha value is -3.74. The van der Waals surface area contributed by atoms with Gasteiger partial charge in [-0.1, -0.05) is 60.1 Å². The Bertz CT molecular complexity index is 1330. The van der Waals surface area contributed by atoms with Gasteiger partial charge in [-0.2, -0.15) is 0 Å². The first-order chi connectivity index (χ1) is 17.0. The molecule has 5 nitrogen and oxygen atoms in total. The molecule has 35 heavy (non-hydrogen) atoms. The fourth-order valence-corrected chi connectivity index (χ4v) is 4.70. The lowest BCUT2D eigenvalue weighted by atomic mass is 10.1. The van der Waals surface area contributed by atoms with Gasteiger partial charge >= 0.3 is 0 Å². The van der Waals surface area contributed by atoms with Crippen LogP contribution < -0.4 is 15.4 Å². The van der Waals surface area contributed by atoms with Crippen LogP contribution in [0.4, 0.5) is 11.4 Å². The number of anilines is 2. The van der Waals surface area contributed by atoms with Gasteiger partial charge in [-0.3, -0.25) is 9.59 Å². The highest BCUT2D eigenvalue weighted by molar-refractivity contribution is 8.00. The van der Waals surface area contributed by atoms with Crippen molar-refractivity contribution in [1.82, 2.24) is 0 Å². The quantitative estimate of drug-likeness (QED) is 0.253. The molecule has 0 radical (unpaired) electrons. The molecule has 1 atom stereocenters. The van der Waals surface area contributed by atoms with E-state index in [4.69, 9.17) is 16.3 Å². The van der Waals surface area contributed by atoms with Gasteiger partial charge in [0.25, 0.3) is 5.91 Å². The summed E-state index contributed by atoms with van der Waals surface area (Å²) in [6.07, 6.45) is 0. The smallest absolute Gasteiger partial charge is 0.255 e. The fourth-order valence-electron chi connectivity index (χ4n) is 3.43. The first-order valence-electron chi connectivity index (χ1n) is 10.9. The van der Waals surface area contributed by atoms with E-state index in [0.29, 0.717) is 27.7 Å². The van der Waals surface area contributed by atoms with Gasteiger partial charge in [-0.05, 0) is 54.1 Å². The van der Waals surface area contributed by atoms with E-state index in [-0.39, 0.29) is 11.8 Å². The van der Waals surface area contributed by atoms with Gasteiger partial charge in [0.15, 0.2) is 0 Å². The Balaban J connectivity index is 1.54. The van der Waals surface area contributed by atoms with Crippen molar-refractivity contribution < 1.29 is 14.3 Å². The van der Waals surface area contributed by atoms with E-state index < -0.39 is 5.25 Å². The molecular weight excluding hydrogens is 480 g/mol. The molecule has 2 amide bonds. The molecule has 0 heterocycles. The number of rotatable bonds is 8. The molecule has 0 aliphatic heterocycles. The second-order valence-electron chi connectivity index (χ2n) is 7.62. The third kappa shape index (κ3) is 6.66. The molecule has 176 valence electrons. The minimum absolute atomic E-state index is 0.164. The number of nitrogens with one attached hydrogen (secondary N) is 2. The summed E-state index contributed by atoms with van der Waals surface area (Å²) in [6, 6.07) is 31.0. The zero-order valence-electron chi connectivity index (χ0n) is 18.9. The Morgan fingerprint density at radius 1 is 0.800 bits per heavy atom. The van der Waals surface area contributed by atoms with Crippen molar-refractivity contribution in [3.63, 3.8) is 0 Å². The van der Waals surface area contributed by atoms with Gasteiger partial charge in [0.05, 0.1) is 7.11 Å². The van der Waals surface area contributed by atoms with Crippen LogP contribution in [0.2, 0.25) is 5.02 Å². The first-order valence-corrected chi connectivity index (χ1v) is 12.1. The molecule has 0 spiro atoms. The minimum Gasteiger partial charge on any atom is -0.497 e. The number of ether oxygens (including phenoxy) is 1. The average molecular weight is 503 g/mol. The average Bonchev–Trinajstić information content (AvgIpc) is 2.88. The topological polar surface area (TPSA) is 67.4 Å². The standard InChI is InChI=1S/C28H23ClN2O3S/c1-34-24-14-6-12-22(17-24)31-28(33)26(19-8-3-2-4-9-19)35-25-15-7-13-23(18-25)30-27(32)20-10-5-11-21(29)16-20/h2-18,26H,1H3,(H,30,32)(H,31,33). The summed E-state index contributed by atoms with van der Waals surface area (Å²) in [5, 5.41) is 5.86. The maximum atomic E-state index is 13.3. The molecule has 0 aliphatic rings. The zero-order valence-corrected chi connectivity index (χ0v) is 20.5. The maximum Gasteiger partial charge on any atom is 0.255 e. The number of methoxy groups -OCH3 is 1. The van der Waals surface area contributed by atoms with Crippen LogP contribution in [0.1, 0.15) is 21.2 Å². The second kappa shape index (κ2) is 11.6. The van der Waals surface area contributed by atoms with Crippen LogP contribution in [0.3, 0.4) is 0 Å². The number of carbonyl (C=O) groups is 2. The summed E-state index contributed by atoms with van der Waals surface area (Å²) in [5.41, 5.74) is 2.61. The zero-order chi connectivity index (χ0) is 24.6. The van der Waals surface area contributed by atoms with Crippen LogP contribution in [-0.4, -0.2) is 18.9 Å². The number of thioether (sulfide) groups is 1. The van der Waals surface area contributed by atoms with Crippen molar-refractivity contribution >= 4 is 46.6 Å². The van der Waals surface area contributed by atoms with Crippen LogP contribution in [0.5, 0.6) is 5.75 Å². The largest absolute Gasteiger partial charge is 0.497 e. The van der Waals surface area contributed by atoms with Crippen molar-refractivity contribution in [1.29, 1.82) is 0 Å². The van der Waals surface area contributed by atoms with E-state index >= 15 is 0 Å². The first kappa shape index (κ1) is 24.4. The summed E-state index contributed by atoms with van der Waals surface area (Å²) >= 11 is 7.41. The summed E-state index contributed by atoms with van der Waals surface area (Å²) in [5.74, 6) is 0.239. The number of carbonyl (C=O) groups excluding carboxylic acids is 2. The lowest BCUT2D eigenvalue weighted by molar-refractivity contribution is -0.115. The molecule has 0 aliphatic carbocycles. The van der Waals surface area contributed by atoms with Crippen LogP contribution >= 0.6 is 23.4 Å². The van der Waals surface area contributed by atoms with Gasteiger partial charge in [-0.25, -0.2) is 0 Å². The van der Waals surface area contributed by atoms with Gasteiger partial charge in [0, 0.05) is 32.9 Å². The van der Waals surface area contributed by atoms with Gasteiger partial charge in [-0.15, -0.1) is 11.8 Å². The molecule has 0 saturated heterocycles. The van der Waals surface area contributed by atoms with Crippen molar-refractivity contribution in [2.75, 3.05) is 17.7 Å². The van der Waals surface area contributed by atoms with Gasteiger partial charge < -0.3 is 15.4 Å². The highest BCUT2D eigenvalue weighted by Gasteiger charge is 2.22. The van der Waals surface area contributed by atoms with E-state index in [0.717, 1.165) is 10.5 Å². The highest BCUT2D eigenvalue weighted by atomic mass is 35.5. The fraction of sp³-hybridized carbons (Fsp3) is 0.0714. The number of hydrogen-bond acceptors (Lipinski definition) is 4. The van der Waals surface area contributed by atoms with E-state index in [1.165, 1.54) is 11.8 Å². The third-order valence-corrected chi connectivity index (χ3v) is 6.59. The normalized spacial score (nSPS) is 11.4. The monoisotopic (exact) mass is 502 g/mol. The van der Waals surface area contributed by atoms with E-state index in [9.17, 15) is 9.59 Å². The number of benzene rings is 4. The summed E-state index contributed by atoms with van der Waals surface area (Å²) in [7, 11) is 1.59. The Morgan fingerprint density at radius 3 is 2.26 bits per heavy atom. The van der Waals surface area contributed by atoms with E-state index in [1.807, 2.05) is 66.7 Å². The van der Waals surface area contributed by atoms with Crippen molar-refractivity contribution in [2.45, 2.75) is 10.1 Å². The predicted octanol–water partition coefficient (Wildman–Crippen LogP) is 7.07. The predicted molar refractivity (Wildman–Crippen MR) is 143 cm³/mol. The van der Waals surface area contributed by atoms with Crippen LogP contribution in [0, 0.1) is 0 Å². The summed E-state index contributed by atoms with van der Waals surface area (Å²) < 4.78 is 5.26. The molecule has 7 heteroatoms. The molecule has 0 aromatic heterocycles. The van der Waals surface area contributed by atoms with Gasteiger partial charge in [0.2, 0.25) is 5.91 Å². The molecule has 2 N–H and O–H groups in total. The lowest BCUT2D eigenvalue weighted by Gasteiger charge is -2.18. The molecule has 0 saturated carbocycles. The third-order valence-electron chi connectivity index (χ3n) is 5.11.